The first-order valence-corrected chi connectivity index (χ1v) is 9.21. The van der Waals surface area contributed by atoms with Gasteiger partial charge in [0.05, 0.1) is 10.6 Å². The van der Waals surface area contributed by atoms with E-state index in [1.54, 1.807) is 29.2 Å². The largest absolute Gasteiger partial charge is 0.508 e. The molecule has 1 heterocycles. The van der Waals surface area contributed by atoms with Gasteiger partial charge < -0.3 is 5.11 Å². The van der Waals surface area contributed by atoms with E-state index in [-0.39, 0.29) is 11.7 Å². The molecule has 1 fully saturated rings. The van der Waals surface area contributed by atoms with Gasteiger partial charge in [-0.2, -0.15) is 0 Å². The lowest BCUT2D eigenvalue weighted by Crippen LogP contribution is -2.28. The van der Waals surface area contributed by atoms with Gasteiger partial charge >= 0.3 is 0 Å². The number of phenols is 1. The van der Waals surface area contributed by atoms with Gasteiger partial charge in [-0.15, -0.1) is 0 Å². The van der Waals surface area contributed by atoms with Gasteiger partial charge in [0, 0.05) is 6.54 Å². The van der Waals surface area contributed by atoms with Crippen LogP contribution in [-0.4, -0.2) is 27.6 Å². The van der Waals surface area contributed by atoms with Crippen molar-refractivity contribution in [1.29, 1.82) is 0 Å². The van der Waals surface area contributed by atoms with Crippen LogP contribution in [0.4, 0.5) is 5.69 Å². The number of hydrogen-bond acceptors (Lipinski definition) is 4. The van der Waals surface area contributed by atoms with Crippen LogP contribution in [-0.2, 0) is 4.79 Å². The smallest absolute Gasteiger partial charge is 0.266 e. The van der Waals surface area contributed by atoms with Crippen LogP contribution in [0.25, 0.3) is 6.08 Å². The van der Waals surface area contributed by atoms with Crippen molar-refractivity contribution in [3.05, 3.63) is 76.7 Å². The van der Waals surface area contributed by atoms with Crippen molar-refractivity contribution >= 4 is 34.6 Å². The highest BCUT2D eigenvalue weighted by Gasteiger charge is 2.32. The first-order chi connectivity index (χ1) is 12.6. The minimum absolute atomic E-state index is 0.0316. The van der Waals surface area contributed by atoms with Gasteiger partial charge in [0.25, 0.3) is 5.91 Å². The van der Waals surface area contributed by atoms with Crippen LogP contribution in [0.5, 0.6) is 5.75 Å². The van der Waals surface area contributed by atoms with Crippen LogP contribution in [0.2, 0.25) is 0 Å². The number of amidine groups is 1. The molecule has 3 rings (SSSR count). The van der Waals surface area contributed by atoms with Gasteiger partial charge in [-0.05, 0) is 67.1 Å². The number of thioether (sulfide) groups is 1. The quantitative estimate of drug-likeness (QED) is 0.780. The molecule has 2 aromatic rings. The number of amides is 1. The zero-order valence-electron chi connectivity index (χ0n) is 14.7. The molecule has 0 bridgehead atoms. The Kier molecular flexibility index (Phi) is 5.58. The molecule has 0 spiro atoms. The Hall–Kier alpha value is -2.79. The highest BCUT2D eigenvalue weighted by atomic mass is 32.2. The first-order valence-electron chi connectivity index (χ1n) is 8.39. The lowest BCUT2D eigenvalue weighted by atomic mass is 10.1. The minimum atomic E-state index is -0.0316. The van der Waals surface area contributed by atoms with E-state index in [0.29, 0.717) is 22.3 Å². The Labute approximate surface area is 157 Å². The number of allylic oxidation sites excluding steroid dienone is 2. The summed E-state index contributed by atoms with van der Waals surface area (Å²) in [5.41, 5.74) is 2.81. The molecule has 1 aliphatic heterocycles. The number of aromatic hydroxyl groups is 1. The summed E-state index contributed by atoms with van der Waals surface area (Å²) in [6.07, 6.45) is 3.95. The van der Waals surface area contributed by atoms with Crippen molar-refractivity contribution in [2.75, 3.05) is 6.54 Å². The number of nitrogens with zero attached hydrogens (tertiary/aromatic N) is 2. The molecule has 1 aliphatic rings. The lowest BCUT2D eigenvalue weighted by molar-refractivity contribution is -0.122. The van der Waals surface area contributed by atoms with E-state index in [9.17, 15) is 9.90 Å². The first kappa shape index (κ1) is 18.0. The molecule has 5 heteroatoms. The molecule has 0 radical (unpaired) electrons. The van der Waals surface area contributed by atoms with E-state index in [2.05, 4.69) is 4.99 Å². The average Bonchev–Trinajstić information content (AvgIpc) is 2.92. The molecule has 0 saturated carbocycles. The zero-order chi connectivity index (χ0) is 18.5. The number of phenolic OH excluding ortho intramolecular Hbond substituents is 1. The number of carbonyl (C=O) groups excluding carboxylic acids is 1. The van der Waals surface area contributed by atoms with Crippen molar-refractivity contribution in [2.24, 2.45) is 4.99 Å². The fourth-order valence-electron chi connectivity index (χ4n) is 2.57. The molecule has 0 atom stereocenters. The second-order valence-electron chi connectivity index (χ2n) is 5.87. The molecule has 1 amide bonds. The van der Waals surface area contributed by atoms with Crippen LogP contribution >= 0.6 is 11.8 Å². The molecule has 132 valence electrons. The summed E-state index contributed by atoms with van der Waals surface area (Å²) in [6.45, 7) is 4.47. The van der Waals surface area contributed by atoms with E-state index in [0.717, 1.165) is 11.1 Å². The van der Waals surface area contributed by atoms with E-state index in [1.807, 2.05) is 56.3 Å². The Morgan fingerprint density at radius 1 is 1.15 bits per heavy atom. The maximum absolute atomic E-state index is 12.7. The van der Waals surface area contributed by atoms with Gasteiger partial charge in [0.2, 0.25) is 0 Å². The van der Waals surface area contributed by atoms with Crippen LogP contribution in [0, 0.1) is 0 Å². The summed E-state index contributed by atoms with van der Waals surface area (Å²) >= 11 is 1.37. The number of benzene rings is 2. The van der Waals surface area contributed by atoms with Crippen LogP contribution < -0.4 is 0 Å². The normalized spacial score (nSPS) is 18.2. The molecule has 4 nitrogen and oxygen atoms in total. The van der Waals surface area contributed by atoms with Crippen molar-refractivity contribution in [3.8, 4) is 5.75 Å². The molecule has 0 aromatic heterocycles. The van der Waals surface area contributed by atoms with E-state index in [4.69, 9.17) is 0 Å². The molecular formula is C21H20N2O2S. The predicted molar refractivity (Wildman–Crippen MR) is 108 cm³/mol. The van der Waals surface area contributed by atoms with Crippen LogP contribution in [0.15, 0.2) is 76.1 Å². The van der Waals surface area contributed by atoms with E-state index >= 15 is 0 Å². The molecule has 26 heavy (non-hydrogen) atoms. The van der Waals surface area contributed by atoms with Crippen molar-refractivity contribution in [3.63, 3.8) is 0 Å². The maximum Gasteiger partial charge on any atom is 0.266 e. The van der Waals surface area contributed by atoms with Crippen molar-refractivity contribution < 1.29 is 9.90 Å². The molecule has 2 aromatic carbocycles. The number of rotatable bonds is 4. The summed E-state index contributed by atoms with van der Waals surface area (Å²) in [4.78, 5) is 19.6. The molecule has 0 unspecified atom stereocenters. The standard InChI is InChI=1S/C21H20N2O2S/c1-3-23-20(25)19(14-15(2)13-16-7-5-4-6-8-16)26-21(23)22-17-9-11-18(24)12-10-17/h4-14,24H,3H2,1-2H3/b15-13+,19-14-,22-21?. The summed E-state index contributed by atoms with van der Waals surface area (Å²) in [5.74, 6) is 0.162. The summed E-state index contributed by atoms with van der Waals surface area (Å²) in [7, 11) is 0. The second-order valence-corrected chi connectivity index (χ2v) is 6.88. The summed E-state index contributed by atoms with van der Waals surface area (Å²) < 4.78 is 0. The van der Waals surface area contributed by atoms with Gasteiger partial charge in [0.15, 0.2) is 5.17 Å². The Bertz CT molecular complexity index is 884. The molecule has 0 aliphatic carbocycles. The fourth-order valence-corrected chi connectivity index (χ4v) is 3.68. The van der Waals surface area contributed by atoms with Gasteiger partial charge in [0.1, 0.15) is 5.75 Å². The Morgan fingerprint density at radius 2 is 1.85 bits per heavy atom. The highest BCUT2D eigenvalue weighted by Crippen LogP contribution is 2.33. The summed E-state index contributed by atoms with van der Waals surface area (Å²) in [5, 5.41) is 10.0. The Morgan fingerprint density at radius 3 is 2.50 bits per heavy atom. The third-order valence-corrected chi connectivity index (χ3v) is 4.84. The topological polar surface area (TPSA) is 52.9 Å². The summed E-state index contributed by atoms with van der Waals surface area (Å²) in [6, 6.07) is 16.6. The van der Waals surface area contributed by atoms with Gasteiger partial charge in [-0.1, -0.05) is 36.4 Å². The number of carbonyl (C=O) groups is 1. The molecule has 1 saturated heterocycles. The van der Waals surface area contributed by atoms with E-state index in [1.165, 1.54) is 11.8 Å². The predicted octanol–water partition coefficient (Wildman–Crippen LogP) is 4.96. The van der Waals surface area contributed by atoms with Crippen molar-refractivity contribution in [1.82, 2.24) is 4.90 Å². The van der Waals surface area contributed by atoms with Gasteiger partial charge in [-0.25, -0.2) is 4.99 Å². The second kappa shape index (κ2) is 8.06. The Balaban J connectivity index is 1.86. The van der Waals surface area contributed by atoms with Crippen molar-refractivity contribution in [2.45, 2.75) is 13.8 Å². The van der Waals surface area contributed by atoms with E-state index < -0.39 is 0 Å². The van der Waals surface area contributed by atoms with Gasteiger partial charge in [-0.3, -0.25) is 9.69 Å². The molecular weight excluding hydrogens is 344 g/mol. The van der Waals surface area contributed by atoms with Crippen LogP contribution in [0.1, 0.15) is 19.4 Å². The monoisotopic (exact) mass is 364 g/mol. The number of aliphatic imine (C=N–C) groups is 1. The highest BCUT2D eigenvalue weighted by molar-refractivity contribution is 8.18. The maximum atomic E-state index is 12.7. The minimum Gasteiger partial charge on any atom is -0.508 e. The number of likely N-dealkylation sites (N-methyl/N-ethyl adjacent to an activating group) is 1. The third kappa shape index (κ3) is 4.24. The fraction of sp³-hybridized carbons (Fsp3) is 0.143. The average molecular weight is 364 g/mol. The van der Waals surface area contributed by atoms with Crippen LogP contribution in [0.3, 0.4) is 0 Å². The number of hydrogen-bond donors (Lipinski definition) is 1. The zero-order valence-corrected chi connectivity index (χ0v) is 15.5. The lowest BCUT2D eigenvalue weighted by Gasteiger charge is -2.11. The third-order valence-electron chi connectivity index (χ3n) is 3.83. The SMILES string of the molecule is CCN1C(=O)/C(=C/C(C)=C/c2ccccc2)SC1=Nc1ccc(O)cc1. The molecule has 1 N–H and O–H groups in total.